The summed E-state index contributed by atoms with van der Waals surface area (Å²) in [5, 5.41) is 0. The SMILES string of the molecule is CCOC(=O)C(c1ccccc1)C(F)F. The van der Waals surface area contributed by atoms with Crippen molar-refractivity contribution < 1.29 is 18.3 Å². The third-order valence-corrected chi connectivity index (χ3v) is 1.95. The highest BCUT2D eigenvalue weighted by molar-refractivity contribution is 5.78. The highest BCUT2D eigenvalue weighted by Crippen LogP contribution is 2.24. The largest absolute Gasteiger partial charge is 0.465 e. The number of esters is 1. The van der Waals surface area contributed by atoms with Gasteiger partial charge >= 0.3 is 5.97 Å². The number of hydrogen-bond acceptors (Lipinski definition) is 2. The summed E-state index contributed by atoms with van der Waals surface area (Å²) in [5.74, 6) is -2.36. The lowest BCUT2D eigenvalue weighted by Crippen LogP contribution is -2.22. The lowest BCUT2D eigenvalue weighted by Gasteiger charge is -2.14. The lowest BCUT2D eigenvalue weighted by molar-refractivity contribution is -0.148. The number of ether oxygens (including phenoxy) is 1. The average Bonchev–Trinajstić information content (AvgIpc) is 2.19. The van der Waals surface area contributed by atoms with E-state index >= 15 is 0 Å². The van der Waals surface area contributed by atoms with Gasteiger partial charge in [-0.25, -0.2) is 8.78 Å². The molecule has 0 aromatic heterocycles. The lowest BCUT2D eigenvalue weighted by atomic mass is 10.00. The van der Waals surface area contributed by atoms with Gasteiger partial charge in [-0.2, -0.15) is 0 Å². The van der Waals surface area contributed by atoms with Gasteiger partial charge in [0.05, 0.1) is 6.61 Å². The molecule has 1 aromatic rings. The van der Waals surface area contributed by atoms with Crippen LogP contribution in [0, 0.1) is 0 Å². The van der Waals surface area contributed by atoms with Gasteiger partial charge in [0.25, 0.3) is 6.43 Å². The molecule has 2 nitrogen and oxygen atoms in total. The Bertz CT molecular complexity index is 312. The quantitative estimate of drug-likeness (QED) is 0.720. The van der Waals surface area contributed by atoms with Crippen LogP contribution < -0.4 is 0 Å². The van der Waals surface area contributed by atoms with Gasteiger partial charge in [-0.15, -0.1) is 0 Å². The molecule has 0 saturated carbocycles. The van der Waals surface area contributed by atoms with Gasteiger partial charge in [0.1, 0.15) is 5.92 Å². The van der Waals surface area contributed by atoms with Crippen molar-refractivity contribution in [2.45, 2.75) is 19.3 Å². The molecule has 0 bridgehead atoms. The highest BCUT2D eigenvalue weighted by atomic mass is 19.3. The zero-order valence-corrected chi connectivity index (χ0v) is 8.32. The number of halogens is 2. The molecule has 4 heteroatoms. The van der Waals surface area contributed by atoms with Crippen molar-refractivity contribution in [3.63, 3.8) is 0 Å². The van der Waals surface area contributed by atoms with Crippen LogP contribution in [0.2, 0.25) is 0 Å². The summed E-state index contributed by atoms with van der Waals surface area (Å²) < 4.78 is 29.9. The number of rotatable bonds is 4. The van der Waals surface area contributed by atoms with Crippen molar-refractivity contribution in [2.75, 3.05) is 6.61 Å². The maximum absolute atomic E-state index is 12.7. The molecule has 0 heterocycles. The standard InChI is InChI=1S/C11H12F2O2/c1-2-15-11(14)9(10(12)13)8-6-4-3-5-7-8/h3-7,9-10H,2H2,1H3. The van der Waals surface area contributed by atoms with Gasteiger partial charge in [-0.05, 0) is 12.5 Å². The third kappa shape index (κ3) is 3.01. The van der Waals surface area contributed by atoms with Crippen LogP contribution in [0.15, 0.2) is 30.3 Å². The van der Waals surface area contributed by atoms with Crippen LogP contribution in [0.5, 0.6) is 0 Å². The highest BCUT2D eigenvalue weighted by Gasteiger charge is 2.31. The Morgan fingerprint density at radius 3 is 2.40 bits per heavy atom. The zero-order valence-electron chi connectivity index (χ0n) is 8.32. The van der Waals surface area contributed by atoms with Crippen molar-refractivity contribution in [2.24, 2.45) is 0 Å². The molecule has 0 aliphatic rings. The second-order valence-corrected chi connectivity index (χ2v) is 2.97. The molecule has 1 atom stereocenters. The van der Waals surface area contributed by atoms with Gasteiger partial charge in [0.2, 0.25) is 0 Å². The molecular formula is C11H12F2O2. The van der Waals surface area contributed by atoms with E-state index < -0.39 is 18.3 Å². The van der Waals surface area contributed by atoms with Gasteiger partial charge in [-0.1, -0.05) is 30.3 Å². The van der Waals surface area contributed by atoms with E-state index in [1.54, 1.807) is 25.1 Å². The minimum Gasteiger partial charge on any atom is -0.465 e. The second kappa shape index (κ2) is 5.44. The first kappa shape index (κ1) is 11.6. The number of carbonyl (C=O) groups is 1. The minimum absolute atomic E-state index is 0.106. The Balaban J connectivity index is 2.88. The molecular weight excluding hydrogens is 202 g/mol. The van der Waals surface area contributed by atoms with Gasteiger partial charge in [0.15, 0.2) is 0 Å². The number of carbonyl (C=O) groups excluding carboxylic acids is 1. The third-order valence-electron chi connectivity index (χ3n) is 1.95. The summed E-state index contributed by atoms with van der Waals surface area (Å²) in [4.78, 5) is 11.3. The molecule has 1 unspecified atom stereocenters. The van der Waals surface area contributed by atoms with E-state index in [0.717, 1.165) is 0 Å². The fraction of sp³-hybridized carbons (Fsp3) is 0.364. The first-order valence-electron chi connectivity index (χ1n) is 4.66. The van der Waals surface area contributed by atoms with E-state index in [4.69, 9.17) is 0 Å². The normalized spacial score (nSPS) is 12.5. The fourth-order valence-corrected chi connectivity index (χ4v) is 1.28. The Hall–Kier alpha value is -1.45. The van der Waals surface area contributed by atoms with E-state index in [1.165, 1.54) is 12.1 Å². The monoisotopic (exact) mass is 214 g/mol. The van der Waals surface area contributed by atoms with Crippen LogP contribution in [0.3, 0.4) is 0 Å². The Morgan fingerprint density at radius 2 is 1.93 bits per heavy atom. The first-order valence-corrected chi connectivity index (χ1v) is 4.66. The topological polar surface area (TPSA) is 26.3 Å². The number of hydrogen-bond donors (Lipinski definition) is 0. The molecule has 0 aliphatic heterocycles. The summed E-state index contributed by atoms with van der Waals surface area (Å²) >= 11 is 0. The van der Waals surface area contributed by atoms with Crippen molar-refractivity contribution >= 4 is 5.97 Å². The summed E-state index contributed by atoms with van der Waals surface area (Å²) in [7, 11) is 0. The number of benzene rings is 1. The van der Waals surface area contributed by atoms with E-state index in [1.807, 2.05) is 0 Å². The summed E-state index contributed by atoms with van der Waals surface area (Å²) in [5.41, 5.74) is 0.283. The molecule has 0 spiro atoms. The van der Waals surface area contributed by atoms with Gasteiger partial charge in [-0.3, -0.25) is 4.79 Å². The predicted octanol–water partition coefficient (Wildman–Crippen LogP) is 2.60. The first-order chi connectivity index (χ1) is 7.16. The Morgan fingerprint density at radius 1 is 1.33 bits per heavy atom. The minimum atomic E-state index is -2.74. The molecule has 82 valence electrons. The van der Waals surface area contributed by atoms with Crippen molar-refractivity contribution in [1.82, 2.24) is 0 Å². The van der Waals surface area contributed by atoms with Crippen LogP contribution in [-0.2, 0) is 9.53 Å². The zero-order chi connectivity index (χ0) is 11.3. The molecule has 0 fully saturated rings. The second-order valence-electron chi connectivity index (χ2n) is 2.97. The maximum Gasteiger partial charge on any atom is 0.319 e. The molecule has 0 N–H and O–H groups in total. The van der Waals surface area contributed by atoms with E-state index in [0.29, 0.717) is 0 Å². The summed E-state index contributed by atoms with van der Waals surface area (Å²) in [6.07, 6.45) is -2.74. The van der Waals surface area contributed by atoms with E-state index in [2.05, 4.69) is 4.74 Å². The van der Waals surface area contributed by atoms with E-state index in [-0.39, 0.29) is 12.2 Å². The Labute approximate surface area is 86.9 Å². The van der Waals surface area contributed by atoms with Crippen LogP contribution in [-0.4, -0.2) is 19.0 Å². The summed E-state index contributed by atoms with van der Waals surface area (Å²) in [6.45, 7) is 1.69. The molecule has 0 radical (unpaired) electrons. The molecule has 0 amide bonds. The molecule has 0 saturated heterocycles. The predicted molar refractivity (Wildman–Crippen MR) is 51.8 cm³/mol. The van der Waals surface area contributed by atoms with Crippen molar-refractivity contribution in [3.05, 3.63) is 35.9 Å². The smallest absolute Gasteiger partial charge is 0.319 e. The molecule has 15 heavy (non-hydrogen) atoms. The Kier molecular flexibility index (Phi) is 4.21. The molecule has 1 rings (SSSR count). The van der Waals surface area contributed by atoms with Gasteiger partial charge in [0, 0.05) is 0 Å². The van der Waals surface area contributed by atoms with Gasteiger partial charge < -0.3 is 4.74 Å². The maximum atomic E-state index is 12.7. The van der Waals surface area contributed by atoms with Crippen LogP contribution in [0.25, 0.3) is 0 Å². The molecule has 0 aliphatic carbocycles. The van der Waals surface area contributed by atoms with Crippen LogP contribution in [0.1, 0.15) is 18.4 Å². The van der Waals surface area contributed by atoms with Crippen molar-refractivity contribution in [3.8, 4) is 0 Å². The van der Waals surface area contributed by atoms with Crippen LogP contribution >= 0.6 is 0 Å². The van der Waals surface area contributed by atoms with Crippen LogP contribution in [0.4, 0.5) is 8.78 Å². The average molecular weight is 214 g/mol. The van der Waals surface area contributed by atoms with E-state index in [9.17, 15) is 13.6 Å². The number of alkyl halides is 2. The van der Waals surface area contributed by atoms with Crippen molar-refractivity contribution in [1.29, 1.82) is 0 Å². The fourth-order valence-electron chi connectivity index (χ4n) is 1.28. The molecule has 1 aromatic carbocycles. The summed E-state index contributed by atoms with van der Waals surface area (Å²) in [6, 6.07) is 7.92.